The van der Waals surface area contributed by atoms with Gasteiger partial charge in [0.05, 0.1) is 10.7 Å². The summed E-state index contributed by atoms with van der Waals surface area (Å²) in [5.41, 5.74) is 1.74. The summed E-state index contributed by atoms with van der Waals surface area (Å²) in [5.74, 6) is -1.04. The fourth-order valence-electron chi connectivity index (χ4n) is 3.54. The molecule has 0 aliphatic rings. The van der Waals surface area contributed by atoms with E-state index in [0.717, 1.165) is 10.1 Å². The number of hydrogen-bond donors (Lipinski definition) is 2. The van der Waals surface area contributed by atoms with Crippen LogP contribution >= 0.6 is 11.6 Å². The van der Waals surface area contributed by atoms with Crippen molar-refractivity contribution in [3.63, 3.8) is 0 Å². The Morgan fingerprint density at radius 2 is 1.59 bits per heavy atom. The van der Waals surface area contributed by atoms with Gasteiger partial charge in [-0.3, -0.25) is 4.57 Å². The third kappa shape index (κ3) is 6.30. The van der Waals surface area contributed by atoms with E-state index in [1.807, 2.05) is 4.72 Å². The van der Waals surface area contributed by atoms with Gasteiger partial charge in [0.1, 0.15) is 4.90 Å². The number of halogens is 4. The number of nitrogens with one attached hydrogen (secondary N) is 2. The van der Waals surface area contributed by atoms with Crippen LogP contribution in [0.2, 0.25) is 5.02 Å². The summed E-state index contributed by atoms with van der Waals surface area (Å²) in [7, 11) is -4.15. The number of urea groups is 1. The maximum Gasteiger partial charge on any atom is 0.450 e. The van der Waals surface area contributed by atoms with E-state index < -0.39 is 28.1 Å². The molecule has 1 aromatic heterocycles. The molecule has 7 nitrogen and oxygen atoms in total. The number of rotatable bonds is 7. The van der Waals surface area contributed by atoms with Crippen molar-refractivity contribution in [1.29, 1.82) is 0 Å². The number of amides is 2. The van der Waals surface area contributed by atoms with E-state index in [-0.39, 0.29) is 27.8 Å². The lowest BCUT2D eigenvalue weighted by Crippen LogP contribution is -2.40. The summed E-state index contributed by atoms with van der Waals surface area (Å²) in [6, 6.07) is 19.6. The lowest BCUT2D eigenvalue weighted by molar-refractivity contribution is -0.145. The number of nitrogens with zero attached hydrogens (tertiary/aromatic N) is 2. The minimum absolute atomic E-state index is 0.0228. The van der Waals surface area contributed by atoms with Gasteiger partial charge < -0.3 is 5.32 Å². The number of hydrogen-bond acceptors (Lipinski definition) is 4. The van der Waals surface area contributed by atoms with E-state index in [0.29, 0.717) is 12.0 Å². The van der Waals surface area contributed by atoms with Gasteiger partial charge in [-0.15, -0.1) is 0 Å². The molecule has 0 spiro atoms. The standard InChI is InChI=1S/C25H20ClF3N4O3S/c26-20-8-4-5-9-22(20)37(35,36)32-24(34)30-15-14-17-10-12-19(13-11-17)33-16-21(18-6-2-1-3-7-18)31-23(33)25(27,28)29/h1-13,16H,14-15H2,(H2,30,32,34). The molecule has 1 heterocycles. The van der Waals surface area contributed by atoms with Crippen LogP contribution in [-0.2, 0) is 22.6 Å². The second-order valence-electron chi connectivity index (χ2n) is 7.89. The lowest BCUT2D eigenvalue weighted by Gasteiger charge is -2.11. The number of imidazole rings is 1. The van der Waals surface area contributed by atoms with Crippen molar-refractivity contribution in [3.8, 4) is 16.9 Å². The Hall–Kier alpha value is -3.83. The number of carbonyl (C=O) groups excluding carboxylic acids is 1. The molecule has 0 saturated carbocycles. The van der Waals surface area contributed by atoms with Gasteiger partial charge in [0.25, 0.3) is 10.0 Å². The highest BCUT2D eigenvalue weighted by atomic mass is 35.5. The van der Waals surface area contributed by atoms with Crippen LogP contribution in [0.4, 0.5) is 18.0 Å². The largest absolute Gasteiger partial charge is 0.450 e. The van der Waals surface area contributed by atoms with Crippen LogP contribution in [0, 0.1) is 0 Å². The van der Waals surface area contributed by atoms with Crippen molar-refractivity contribution < 1.29 is 26.4 Å². The minimum Gasteiger partial charge on any atom is -0.337 e. The molecular weight excluding hydrogens is 529 g/mol. The molecule has 0 atom stereocenters. The van der Waals surface area contributed by atoms with Crippen molar-refractivity contribution >= 4 is 27.7 Å². The number of benzene rings is 3. The van der Waals surface area contributed by atoms with Crippen LogP contribution in [-0.4, -0.2) is 30.5 Å². The summed E-state index contributed by atoms with van der Waals surface area (Å²) in [5, 5.41) is 2.41. The molecule has 4 aromatic rings. The highest BCUT2D eigenvalue weighted by Crippen LogP contribution is 2.33. The van der Waals surface area contributed by atoms with Crippen molar-refractivity contribution in [3.05, 3.63) is 101 Å². The average molecular weight is 549 g/mol. The van der Waals surface area contributed by atoms with E-state index in [1.165, 1.54) is 36.5 Å². The Balaban J connectivity index is 1.41. The molecule has 12 heteroatoms. The Morgan fingerprint density at radius 1 is 0.946 bits per heavy atom. The number of alkyl halides is 3. The quantitative estimate of drug-likeness (QED) is 0.321. The molecule has 192 valence electrons. The number of carbonyl (C=O) groups is 1. The Kier molecular flexibility index (Phi) is 7.55. The molecule has 0 radical (unpaired) electrons. The van der Waals surface area contributed by atoms with Gasteiger partial charge in [-0.2, -0.15) is 13.2 Å². The molecule has 2 amide bonds. The van der Waals surface area contributed by atoms with Crippen molar-refractivity contribution in [2.45, 2.75) is 17.5 Å². The fraction of sp³-hybridized carbons (Fsp3) is 0.120. The van der Waals surface area contributed by atoms with E-state index in [9.17, 15) is 26.4 Å². The third-order valence-corrected chi connectivity index (χ3v) is 7.13. The van der Waals surface area contributed by atoms with Gasteiger partial charge in [0.2, 0.25) is 5.82 Å². The van der Waals surface area contributed by atoms with Gasteiger partial charge in [-0.25, -0.2) is 22.9 Å². The first-order chi connectivity index (χ1) is 17.5. The van der Waals surface area contributed by atoms with Crippen LogP contribution in [0.3, 0.4) is 0 Å². The van der Waals surface area contributed by atoms with Gasteiger partial charge in [0.15, 0.2) is 0 Å². The minimum atomic E-state index is -4.66. The summed E-state index contributed by atoms with van der Waals surface area (Å²) >= 11 is 5.88. The molecule has 2 N–H and O–H groups in total. The highest BCUT2D eigenvalue weighted by Gasteiger charge is 2.37. The Morgan fingerprint density at radius 3 is 2.24 bits per heavy atom. The van der Waals surface area contributed by atoms with E-state index in [2.05, 4.69) is 10.3 Å². The normalized spacial score (nSPS) is 11.8. The molecule has 3 aromatic carbocycles. The van der Waals surface area contributed by atoms with Gasteiger partial charge >= 0.3 is 12.2 Å². The summed E-state index contributed by atoms with van der Waals surface area (Å²) in [6.45, 7) is 0.0836. The van der Waals surface area contributed by atoms with Crippen LogP contribution in [0.1, 0.15) is 11.4 Å². The number of sulfonamides is 1. The average Bonchev–Trinajstić information content (AvgIpc) is 3.31. The zero-order valence-electron chi connectivity index (χ0n) is 19.0. The molecule has 0 saturated heterocycles. The van der Waals surface area contributed by atoms with E-state index in [1.54, 1.807) is 48.5 Å². The van der Waals surface area contributed by atoms with Gasteiger partial charge in [0, 0.05) is 24.0 Å². The highest BCUT2D eigenvalue weighted by molar-refractivity contribution is 7.90. The Bertz CT molecular complexity index is 1510. The SMILES string of the molecule is O=C(NCCc1ccc(-n2cc(-c3ccccc3)nc2C(F)(F)F)cc1)NS(=O)(=O)c1ccccc1Cl. The van der Waals surface area contributed by atoms with Crippen LogP contribution in [0.15, 0.2) is 90.0 Å². The molecular formula is C25H20ClF3N4O3S. The summed E-state index contributed by atoms with van der Waals surface area (Å²) < 4.78 is 68.5. The molecule has 0 fully saturated rings. The van der Waals surface area contributed by atoms with Gasteiger partial charge in [-0.05, 0) is 36.2 Å². The van der Waals surface area contributed by atoms with Crippen LogP contribution in [0.5, 0.6) is 0 Å². The third-order valence-electron chi connectivity index (χ3n) is 5.30. The lowest BCUT2D eigenvalue weighted by atomic mass is 10.1. The molecule has 0 unspecified atom stereocenters. The van der Waals surface area contributed by atoms with Crippen LogP contribution < -0.4 is 10.0 Å². The predicted molar refractivity (Wildman–Crippen MR) is 133 cm³/mol. The molecule has 0 aliphatic heterocycles. The van der Waals surface area contributed by atoms with Crippen LogP contribution in [0.25, 0.3) is 16.9 Å². The van der Waals surface area contributed by atoms with Crippen molar-refractivity contribution in [2.24, 2.45) is 0 Å². The zero-order chi connectivity index (χ0) is 26.6. The van der Waals surface area contributed by atoms with Crippen molar-refractivity contribution in [2.75, 3.05) is 6.54 Å². The summed E-state index contributed by atoms with van der Waals surface area (Å²) in [4.78, 5) is 15.6. The van der Waals surface area contributed by atoms with E-state index in [4.69, 9.17) is 11.6 Å². The van der Waals surface area contributed by atoms with E-state index >= 15 is 0 Å². The first kappa shape index (κ1) is 26.2. The molecule has 0 aliphatic carbocycles. The summed E-state index contributed by atoms with van der Waals surface area (Å²) in [6.07, 6.45) is -3.02. The zero-order valence-corrected chi connectivity index (χ0v) is 20.6. The van der Waals surface area contributed by atoms with Crippen molar-refractivity contribution in [1.82, 2.24) is 19.6 Å². The second kappa shape index (κ2) is 10.7. The smallest absolute Gasteiger partial charge is 0.337 e. The fourth-order valence-corrected chi connectivity index (χ4v) is 4.99. The monoisotopic (exact) mass is 548 g/mol. The molecule has 0 bridgehead atoms. The topological polar surface area (TPSA) is 93.1 Å². The maximum atomic E-state index is 13.7. The predicted octanol–water partition coefficient (Wildman–Crippen LogP) is 5.44. The first-order valence-electron chi connectivity index (χ1n) is 10.9. The molecule has 4 rings (SSSR count). The molecule has 37 heavy (non-hydrogen) atoms. The second-order valence-corrected chi connectivity index (χ2v) is 9.95. The maximum absolute atomic E-state index is 13.7. The Labute approximate surface area is 216 Å². The first-order valence-corrected chi connectivity index (χ1v) is 12.8. The number of aromatic nitrogens is 2. The van der Waals surface area contributed by atoms with Gasteiger partial charge in [-0.1, -0.05) is 66.2 Å².